The Bertz CT molecular complexity index is 612. The quantitative estimate of drug-likeness (QED) is 0.879. The molecular formula is C13H14FN3OS. The first-order valence-corrected chi connectivity index (χ1v) is 6.66. The molecule has 0 aromatic carbocycles. The number of aryl methyl sites for hydroxylation is 2. The van der Waals surface area contributed by atoms with E-state index in [2.05, 4.69) is 15.3 Å². The van der Waals surface area contributed by atoms with Crippen LogP contribution in [0.4, 0.5) is 4.39 Å². The zero-order valence-electron chi connectivity index (χ0n) is 10.9. The van der Waals surface area contributed by atoms with Crippen LogP contribution < -0.4 is 5.32 Å². The molecule has 0 saturated heterocycles. The van der Waals surface area contributed by atoms with E-state index < -0.39 is 11.9 Å². The maximum atomic E-state index is 13.4. The van der Waals surface area contributed by atoms with E-state index in [0.717, 1.165) is 15.6 Å². The molecule has 0 aliphatic rings. The maximum absolute atomic E-state index is 13.4. The molecule has 19 heavy (non-hydrogen) atoms. The van der Waals surface area contributed by atoms with Crippen molar-refractivity contribution < 1.29 is 9.18 Å². The molecule has 2 heterocycles. The molecule has 0 bridgehead atoms. The van der Waals surface area contributed by atoms with Crippen LogP contribution in [-0.2, 0) is 0 Å². The van der Waals surface area contributed by atoms with Gasteiger partial charge in [0.1, 0.15) is 0 Å². The van der Waals surface area contributed by atoms with E-state index in [-0.39, 0.29) is 11.6 Å². The fourth-order valence-electron chi connectivity index (χ4n) is 1.84. The molecule has 1 unspecified atom stereocenters. The minimum atomic E-state index is -0.760. The summed E-state index contributed by atoms with van der Waals surface area (Å²) in [6.07, 6.45) is 1.31. The number of carbonyl (C=O) groups excluding carboxylic acids is 1. The first kappa shape index (κ1) is 13.6. The minimum Gasteiger partial charge on any atom is -0.344 e. The van der Waals surface area contributed by atoms with Crippen LogP contribution in [0.5, 0.6) is 0 Å². The molecule has 1 atom stereocenters. The van der Waals surface area contributed by atoms with Gasteiger partial charge in [-0.1, -0.05) is 0 Å². The average Bonchev–Trinajstić information content (AvgIpc) is 2.69. The first-order valence-electron chi connectivity index (χ1n) is 5.84. The first-order chi connectivity index (χ1) is 8.99. The number of amides is 1. The lowest BCUT2D eigenvalue weighted by atomic mass is 10.2. The molecule has 0 radical (unpaired) electrons. The van der Waals surface area contributed by atoms with Gasteiger partial charge in [-0.05, 0) is 32.9 Å². The number of pyridine rings is 1. The van der Waals surface area contributed by atoms with Crippen molar-refractivity contribution in [2.24, 2.45) is 0 Å². The largest absolute Gasteiger partial charge is 0.344 e. The second kappa shape index (κ2) is 5.44. The minimum absolute atomic E-state index is 0.0479. The van der Waals surface area contributed by atoms with Crippen LogP contribution in [0.25, 0.3) is 0 Å². The topological polar surface area (TPSA) is 54.9 Å². The normalized spacial score (nSPS) is 12.2. The number of hydrogen-bond donors (Lipinski definition) is 1. The molecule has 6 heteroatoms. The number of thiazole rings is 1. The number of nitrogens with zero attached hydrogens (tertiary/aromatic N) is 2. The standard InChI is InChI=1S/C13H14FN3OS/c1-7-11(19-9(3)16-7)8(2)17-13(18)10-5-4-6-15-12(10)14/h4-6,8H,1-3H3,(H,17,18). The Morgan fingerprint density at radius 2 is 2.21 bits per heavy atom. The van der Waals surface area contributed by atoms with Gasteiger partial charge in [-0.25, -0.2) is 9.97 Å². The molecule has 2 rings (SSSR count). The van der Waals surface area contributed by atoms with Gasteiger partial charge in [0.2, 0.25) is 5.95 Å². The molecule has 2 aromatic rings. The van der Waals surface area contributed by atoms with Crippen molar-refractivity contribution in [1.82, 2.24) is 15.3 Å². The Morgan fingerprint density at radius 3 is 2.79 bits per heavy atom. The lowest BCUT2D eigenvalue weighted by molar-refractivity contribution is 0.0935. The molecule has 100 valence electrons. The highest BCUT2D eigenvalue weighted by atomic mass is 32.1. The highest BCUT2D eigenvalue weighted by Crippen LogP contribution is 2.24. The third-order valence-electron chi connectivity index (χ3n) is 2.68. The van der Waals surface area contributed by atoms with Gasteiger partial charge in [-0.2, -0.15) is 4.39 Å². The summed E-state index contributed by atoms with van der Waals surface area (Å²) in [4.78, 5) is 20.7. The monoisotopic (exact) mass is 279 g/mol. The van der Waals surface area contributed by atoms with E-state index in [0.29, 0.717) is 0 Å². The SMILES string of the molecule is Cc1nc(C)c(C(C)NC(=O)c2cccnc2F)s1. The Kier molecular flexibility index (Phi) is 3.90. The molecule has 0 saturated carbocycles. The highest BCUT2D eigenvalue weighted by molar-refractivity contribution is 7.11. The second-order valence-electron chi connectivity index (χ2n) is 4.22. The molecule has 0 aliphatic carbocycles. The summed E-state index contributed by atoms with van der Waals surface area (Å²) in [7, 11) is 0. The van der Waals surface area contributed by atoms with E-state index in [1.54, 1.807) is 0 Å². The number of nitrogens with one attached hydrogen (secondary N) is 1. The highest BCUT2D eigenvalue weighted by Gasteiger charge is 2.18. The summed E-state index contributed by atoms with van der Waals surface area (Å²) in [6.45, 7) is 5.66. The van der Waals surface area contributed by atoms with Gasteiger partial charge in [0.15, 0.2) is 0 Å². The Labute approximate surface area is 114 Å². The fraction of sp³-hybridized carbons (Fsp3) is 0.308. The Hall–Kier alpha value is -1.82. The summed E-state index contributed by atoms with van der Waals surface area (Å²) < 4.78 is 13.4. The number of hydrogen-bond acceptors (Lipinski definition) is 4. The van der Waals surface area contributed by atoms with Crippen molar-refractivity contribution >= 4 is 17.2 Å². The maximum Gasteiger partial charge on any atom is 0.256 e. The summed E-state index contributed by atoms with van der Waals surface area (Å²) in [5, 5.41) is 3.70. The van der Waals surface area contributed by atoms with E-state index in [1.807, 2.05) is 20.8 Å². The Balaban J connectivity index is 2.15. The van der Waals surface area contributed by atoms with Crippen LogP contribution in [0.1, 0.15) is 38.9 Å². The van der Waals surface area contributed by atoms with Crippen molar-refractivity contribution in [1.29, 1.82) is 0 Å². The predicted molar refractivity (Wildman–Crippen MR) is 71.7 cm³/mol. The molecule has 0 aliphatic heterocycles. The summed E-state index contributed by atoms with van der Waals surface area (Å²) in [6, 6.07) is 2.73. The lowest BCUT2D eigenvalue weighted by Crippen LogP contribution is -2.27. The van der Waals surface area contributed by atoms with Crippen LogP contribution in [0, 0.1) is 19.8 Å². The lowest BCUT2D eigenvalue weighted by Gasteiger charge is -2.13. The van der Waals surface area contributed by atoms with Crippen molar-refractivity contribution in [3.05, 3.63) is 45.4 Å². The van der Waals surface area contributed by atoms with Gasteiger partial charge in [0, 0.05) is 11.1 Å². The van der Waals surface area contributed by atoms with E-state index in [1.165, 1.54) is 29.7 Å². The van der Waals surface area contributed by atoms with Gasteiger partial charge in [-0.15, -0.1) is 11.3 Å². The van der Waals surface area contributed by atoms with Gasteiger partial charge in [0.25, 0.3) is 5.91 Å². The van der Waals surface area contributed by atoms with Gasteiger partial charge < -0.3 is 5.32 Å². The number of rotatable bonds is 3. The summed E-state index contributed by atoms with van der Waals surface area (Å²) in [5.41, 5.74) is 0.843. The van der Waals surface area contributed by atoms with Crippen molar-refractivity contribution in [2.75, 3.05) is 0 Å². The van der Waals surface area contributed by atoms with Gasteiger partial charge in [0.05, 0.1) is 22.3 Å². The van der Waals surface area contributed by atoms with Crippen LogP contribution in [0.2, 0.25) is 0 Å². The van der Waals surface area contributed by atoms with Gasteiger partial charge >= 0.3 is 0 Å². The third kappa shape index (κ3) is 2.96. The van der Waals surface area contributed by atoms with Crippen molar-refractivity contribution in [3.8, 4) is 0 Å². The van der Waals surface area contributed by atoms with Crippen molar-refractivity contribution in [3.63, 3.8) is 0 Å². The summed E-state index contributed by atoms with van der Waals surface area (Å²) in [5.74, 6) is -1.23. The smallest absolute Gasteiger partial charge is 0.256 e. The molecular weight excluding hydrogens is 265 g/mol. The average molecular weight is 279 g/mol. The van der Waals surface area contributed by atoms with Gasteiger partial charge in [-0.3, -0.25) is 4.79 Å². The van der Waals surface area contributed by atoms with E-state index >= 15 is 0 Å². The number of carbonyl (C=O) groups is 1. The predicted octanol–water partition coefficient (Wildman–Crippen LogP) is 2.79. The Morgan fingerprint density at radius 1 is 1.47 bits per heavy atom. The molecule has 1 N–H and O–H groups in total. The molecule has 2 aromatic heterocycles. The molecule has 0 spiro atoms. The molecule has 1 amide bonds. The van der Waals surface area contributed by atoms with Crippen LogP contribution >= 0.6 is 11.3 Å². The summed E-state index contributed by atoms with van der Waals surface area (Å²) >= 11 is 1.53. The second-order valence-corrected chi connectivity index (χ2v) is 5.45. The van der Waals surface area contributed by atoms with E-state index in [9.17, 15) is 9.18 Å². The van der Waals surface area contributed by atoms with E-state index in [4.69, 9.17) is 0 Å². The molecule has 0 fully saturated rings. The number of aromatic nitrogens is 2. The number of halogens is 1. The van der Waals surface area contributed by atoms with Crippen LogP contribution in [-0.4, -0.2) is 15.9 Å². The van der Waals surface area contributed by atoms with Crippen LogP contribution in [0.3, 0.4) is 0 Å². The zero-order valence-corrected chi connectivity index (χ0v) is 11.7. The fourth-order valence-corrected chi connectivity index (χ4v) is 2.77. The van der Waals surface area contributed by atoms with Crippen LogP contribution in [0.15, 0.2) is 18.3 Å². The van der Waals surface area contributed by atoms with Crippen molar-refractivity contribution in [2.45, 2.75) is 26.8 Å². The third-order valence-corrected chi connectivity index (χ3v) is 3.94. The molecule has 4 nitrogen and oxygen atoms in total. The zero-order chi connectivity index (χ0) is 14.0.